The van der Waals surface area contributed by atoms with Gasteiger partial charge in [-0.1, -0.05) is 24.3 Å². The summed E-state index contributed by atoms with van der Waals surface area (Å²) in [6.45, 7) is 9.39. The molecule has 1 aromatic rings. The van der Waals surface area contributed by atoms with Crippen LogP contribution in [0.1, 0.15) is 24.0 Å². The Kier molecular flexibility index (Phi) is 8.36. The lowest BCUT2D eigenvalue weighted by atomic mass is 9.82. The molecule has 3 aliphatic rings. The molecular weight excluding hydrogens is 441 g/mol. The summed E-state index contributed by atoms with van der Waals surface area (Å²) in [5.74, 6) is -2.11. The van der Waals surface area contributed by atoms with Crippen molar-refractivity contribution < 1.29 is 37.3 Å². The minimum absolute atomic E-state index is 0.0496. The lowest BCUT2D eigenvalue weighted by molar-refractivity contribution is -0.192. The van der Waals surface area contributed by atoms with Gasteiger partial charge in [0.2, 0.25) is 5.91 Å². The Morgan fingerprint density at radius 2 is 1.91 bits per heavy atom. The van der Waals surface area contributed by atoms with Crippen LogP contribution in [0.3, 0.4) is 0 Å². The Bertz CT molecular complexity index is 829. The number of nitrogens with zero attached hydrogens (tertiary/aromatic N) is 2. The molecule has 3 fully saturated rings. The quantitative estimate of drug-likeness (QED) is 0.686. The van der Waals surface area contributed by atoms with Crippen molar-refractivity contribution in [2.45, 2.75) is 32.5 Å². The number of benzene rings is 1. The third-order valence-electron chi connectivity index (χ3n) is 6.56. The van der Waals surface area contributed by atoms with Crippen LogP contribution in [0.25, 0.3) is 0 Å². The van der Waals surface area contributed by atoms with Crippen molar-refractivity contribution in [3.05, 3.63) is 35.4 Å². The fourth-order valence-electron chi connectivity index (χ4n) is 4.70. The summed E-state index contributed by atoms with van der Waals surface area (Å²) in [4.78, 5) is 25.6. The van der Waals surface area contributed by atoms with Gasteiger partial charge in [0.25, 0.3) is 0 Å². The summed E-state index contributed by atoms with van der Waals surface area (Å²) < 4.78 is 43.4. The highest BCUT2D eigenvalue weighted by molar-refractivity contribution is 5.77. The number of halogens is 3. The summed E-state index contributed by atoms with van der Waals surface area (Å²) in [5, 5.41) is 7.12. The first-order valence-corrected chi connectivity index (χ1v) is 11.1. The second-order valence-corrected chi connectivity index (χ2v) is 9.05. The molecule has 1 N–H and O–H groups in total. The number of ether oxygens (including phenoxy) is 2. The van der Waals surface area contributed by atoms with Crippen molar-refractivity contribution in [1.29, 1.82) is 0 Å². The molecule has 4 rings (SSSR count). The molecule has 2 atom stereocenters. The third kappa shape index (κ3) is 6.68. The van der Waals surface area contributed by atoms with Crippen molar-refractivity contribution in [2.24, 2.45) is 11.3 Å². The van der Waals surface area contributed by atoms with Crippen LogP contribution in [0.4, 0.5) is 13.2 Å². The largest absolute Gasteiger partial charge is 0.490 e. The third-order valence-corrected chi connectivity index (χ3v) is 6.56. The van der Waals surface area contributed by atoms with E-state index in [1.807, 2.05) is 4.90 Å². The number of alkyl halides is 3. The molecule has 10 heteroatoms. The summed E-state index contributed by atoms with van der Waals surface area (Å²) >= 11 is 0. The van der Waals surface area contributed by atoms with Crippen LogP contribution in [0.15, 0.2) is 24.3 Å². The molecule has 3 heterocycles. The number of aliphatic carboxylic acids is 1. The van der Waals surface area contributed by atoms with Crippen LogP contribution in [0.2, 0.25) is 0 Å². The number of amides is 1. The van der Waals surface area contributed by atoms with E-state index in [-0.39, 0.29) is 17.9 Å². The normalized spacial score (nSPS) is 25.0. The summed E-state index contributed by atoms with van der Waals surface area (Å²) in [6, 6.07) is 8.61. The Labute approximate surface area is 191 Å². The van der Waals surface area contributed by atoms with E-state index in [9.17, 15) is 18.0 Å². The Morgan fingerprint density at radius 3 is 2.55 bits per heavy atom. The number of hydrogen-bond acceptors (Lipinski definition) is 5. The smallest absolute Gasteiger partial charge is 0.475 e. The van der Waals surface area contributed by atoms with Crippen LogP contribution in [-0.2, 0) is 25.6 Å². The van der Waals surface area contributed by atoms with E-state index >= 15 is 0 Å². The number of fused-ring (bicyclic) bond motifs is 1. The van der Waals surface area contributed by atoms with Gasteiger partial charge in [-0.3, -0.25) is 9.69 Å². The number of carbonyl (C=O) groups is 2. The molecule has 33 heavy (non-hydrogen) atoms. The molecule has 3 saturated heterocycles. The van der Waals surface area contributed by atoms with E-state index in [0.29, 0.717) is 12.5 Å². The molecule has 1 aromatic carbocycles. The molecule has 0 aromatic heterocycles. The summed E-state index contributed by atoms with van der Waals surface area (Å²) in [7, 11) is 0. The van der Waals surface area contributed by atoms with E-state index in [1.54, 1.807) is 0 Å². The monoisotopic (exact) mass is 472 g/mol. The van der Waals surface area contributed by atoms with Gasteiger partial charge in [-0.05, 0) is 30.9 Å². The fourth-order valence-corrected chi connectivity index (χ4v) is 4.70. The number of carbonyl (C=O) groups excluding carboxylic acids is 1. The number of carboxylic acids is 1. The van der Waals surface area contributed by atoms with Crippen LogP contribution >= 0.6 is 0 Å². The lowest BCUT2D eigenvalue weighted by Gasteiger charge is -2.27. The lowest BCUT2D eigenvalue weighted by Crippen LogP contribution is -2.38. The molecular formula is C23H31F3N2O5. The van der Waals surface area contributed by atoms with E-state index < -0.39 is 12.1 Å². The molecule has 1 amide bonds. The first-order valence-electron chi connectivity index (χ1n) is 11.1. The number of hydrogen-bond donors (Lipinski definition) is 1. The second-order valence-electron chi connectivity index (χ2n) is 9.05. The highest BCUT2D eigenvalue weighted by atomic mass is 19.4. The Balaban J connectivity index is 0.000000383. The molecule has 7 nitrogen and oxygen atoms in total. The first kappa shape index (κ1) is 25.5. The van der Waals surface area contributed by atoms with Crippen LogP contribution in [0, 0.1) is 18.3 Å². The maximum atomic E-state index is 12.2. The molecule has 0 saturated carbocycles. The summed E-state index contributed by atoms with van der Waals surface area (Å²) in [5.41, 5.74) is 2.80. The van der Waals surface area contributed by atoms with Crippen molar-refractivity contribution in [3.63, 3.8) is 0 Å². The van der Waals surface area contributed by atoms with Crippen molar-refractivity contribution in [2.75, 3.05) is 52.6 Å². The topological polar surface area (TPSA) is 79.3 Å². The molecule has 0 aliphatic carbocycles. The van der Waals surface area contributed by atoms with E-state index in [4.69, 9.17) is 19.4 Å². The van der Waals surface area contributed by atoms with Gasteiger partial charge in [0.05, 0.1) is 19.8 Å². The zero-order valence-electron chi connectivity index (χ0n) is 18.8. The minimum Gasteiger partial charge on any atom is -0.475 e. The molecule has 0 unspecified atom stereocenters. The molecule has 0 spiro atoms. The van der Waals surface area contributed by atoms with E-state index in [2.05, 4.69) is 36.1 Å². The highest BCUT2D eigenvalue weighted by Crippen LogP contribution is 2.42. The zero-order chi connectivity index (χ0) is 24.1. The van der Waals surface area contributed by atoms with E-state index in [1.165, 1.54) is 11.1 Å². The Hall–Kier alpha value is -2.17. The number of aryl methyl sites for hydroxylation is 1. The van der Waals surface area contributed by atoms with Gasteiger partial charge >= 0.3 is 12.1 Å². The van der Waals surface area contributed by atoms with Gasteiger partial charge in [0, 0.05) is 44.1 Å². The Morgan fingerprint density at radius 1 is 1.24 bits per heavy atom. The maximum absolute atomic E-state index is 12.2. The predicted molar refractivity (Wildman–Crippen MR) is 114 cm³/mol. The molecule has 0 bridgehead atoms. The van der Waals surface area contributed by atoms with Crippen molar-refractivity contribution in [1.82, 2.24) is 9.80 Å². The SMILES string of the molecule is Cc1ccccc1CN1C[C@@H]2COC[C@]2(COCC(=O)N2CCCC2)C1.O=C(O)C(F)(F)F. The van der Waals surface area contributed by atoms with Gasteiger partial charge in [0.1, 0.15) is 6.61 Å². The van der Waals surface area contributed by atoms with Crippen LogP contribution < -0.4 is 0 Å². The van der Waals surface area contributed by atoms with Gasteiger partial charge < -0.3 is 19.5 Å². The highest BCUT2D eigenvalue weighted by Gasteiger charge is 2.50. The second kappa shape index (κ2) is 10.8. The zero-order valence-corrected chi connectivity index (χ0v) is 18.8. The average molecular weight is 473 g/mol. The molecule has 0 radical (unpaired) electrons. The fraction of sp³-hybridized carbons (Fsp3) is 0.652. The number of likely N-dealkylation sites (tertiary alicyclic amines) is 2. The van der Waals surface area contributed by atoms with Gasteiger partial charge in [-0.15, -0.1) is 0 Å². The van der Waals surface area contributed by atoms with Crippen molar-refractivity contribution >= 4 is 11.9 Å². The predicted octanol–water partition coefficient (Wildman–Crippen LogP) is 2.72. The van der Waals surface area contributed by atoms with Gasteiger partial charge in [-0.2, -0.15) is 13.2 Å². The summed E-state index contributed by atoms with van der Waals surface area (Å²) in [6.07, 6.45) is -2.83. The number of carboxylic acid groups (broad SMARTS) is 1. The first-order chi connectivity index (χ1) is 15.6. The maximum Gasteiger partial charge on any atom is 0.490 e. The van der Waals surface area contributed by atoms with Gasteiger partial charge in [0.15, 0.2) is 0 Å². The van der Waals surface area contributed by atoms with E-state index in [0.717, 1.165) is 58.8 Å². The van der Waals surface area contributed by atoms with Gasteiger partial charge in [-0.25, -0.2) is 4.79 Å². The van der Waals surface area contributed by atoms with Crippen LogP contribution in [0.5, 0.6) is 0 Å². The standard InChI is InChI=1S/C21H30N2O3.C2HF3O2/c1-17-6-2-3-7-18(17)10-22-11-19-12-25-15-21(19,14-22)16-26-13-20(24)23-8-4-5-9-23;3-2(4,5)1(6)7/h2-3,6-7,19H,4-5,8-16H2,1H3;(H,6,7)/t19-,21+;/m1./s1. The minimum atomic E-state index is -5.08. The number of rotatable bonds is 6. The molecule has 3 aliphatic heterocycles. The average Bonchev–Trinajstić information content (AvgIpc) is 3.46. The van der Waals surface area contributed by atoms with Crippen molar-refractivity contribution in [3.8, 4) is 0 Å². The van der Waals surface area contributed by atoms with Crippen LogP contribution in [-0.4, -0.2) is 85.6 Å². The molecule has 184 valence electrons.